The van der Waals surface area contributed by atoms with Crippen LogP contribution in [0, 0.1) is 5.41 Å². The molecule has 0 radical (unpaired) electrons. The molecule has 1 amide bonds. The zero-order chi connectivity index (χ0) is 11.3. The van der Waals surface area contributed by atoms with Crippen LogP contribution in [0.4, 0.5) is 4.79 Å². The highest BCUT2D eigenvalue weighted by Crippen LogP contribution is 2.38. The predicted molar refractivity (Wildman–Crippen MR) is 53.8 cm³/mol. The molecule has 86 valence electrons. The fourth-order valence-electron chi connectivity index (χ4n) is 2.30. The van der Waals surface area contributed by atoms with Gasteiger partial charge in [0.15, 0.2) is 0 Å². The zero-order valence-corrected chi connectivity index (χ0v) is 8.66. The highest BCUT2D eigenvalue weighted by molar-refractivity contribution is 5.68. The molecule has 0 atom stereocenters. The SMILES string of the molecule is O=C(O)CC1(CNC(=O)O)CCCCC1. The van der Waals surface area contributed by atoms with E-state index in [1.807, 2.05) is 0 Å². The maximum absolute atomic E-state index is 10.7. The average Bonchev–Trinajstić information content (AvgIpc) is 2.15. The van der Waals surface area contributed by atoms with Gasteiger partial charge in [0.25, 0.3) is 0 Å². The molecule has 0 aromatic heterocycles. The number of rotatable bonds is 4. The van der Waals surface area contributed by atoms with Crippen molar-refractivity contribution in [3.05, 3.63) is 0 Å². The van der Waals surface area contributed by atoms with Crippen molar-refractivity contribution in [2.24, 2.45) is 5.41 Å². The van der Waals surface area contributed by atoms with Crippen molar-refractivity contribution in [1.82, 2.24) is 5.32 Å². The normalized spacial score (nSPS) is 19.5. The highest BCUT2D eigenvalue weighted by atomic mass is 16.4. The van der Waals surface area contributed by atoms with Crippen LogP contribution in [0.5, 0.6) is 0 Å². The molecule has 15 heavy (non-hydrogen) atoms. The number of carboxylic acid groups (broad SMARTS) is 2. The third-order valence-electron chi connectivity index (χ3n) is 3.06. The third-order valence-corrected chi connectivity index (χ3v) is 3.06. The second-order valence-corrected chi connectivity index (χ2v) is 4.29. The first-order chi connectivity index (χ1) is 7.04. The average molecular weight is 215 g/mol. The van der Waals surface area contributed by atoms with E-state index >= 15 is 0 Å². The largest absolute Gasteiger partial charge is 0.481 e. The minimum Gasteiger partial charge on any atom is -0.481 e. The van der Waals surface area contributed by atoms with Gasteiger partial charge in [-0.15, -0.1) is 0 Å². The van der Waals surface area contributed by atoms with Crippen LogP contribution in [-0.4, -0.2) is 28.8 Å². The molecule has 0 spiro atoms. The van der Waals surface area contributed by atoms with Crippen LogP contribution in [0.15, 0.2) is 0 Å². The number of hydrogen-bond donors (Lipinski definition) is 3. The smallest absolute Gasteiger partial charge is 0.404 e. The highest BCUT2D eigenvalue weighted by Gasteiger charge is 2.34. The van der Waals surface area contributed by atoms with Gasteiger partial charge in [0.2, 0.25) is 0 Å². The Morgan fingerprint density at radius 1 is 1.13 bits per heavy atom. The predicted octanol–water partition coefficient (Wildman–Crippen LogP) is 1.68. The Bertz CT molecular complexity index is 246. The Kier molecular flexibility index (Phi) is 3.94. The number of hydrogen-bond acceptors (Lipinski definition) is 2. The number of carbonyl (C=O) groups is 2. The molecule has 5 nitrogen and oxygen atoms in total. The molecule has 0 aromatic carbocycles. The molecule has 0 saturated heterocycles. The minimum absolute atomic E-state index is 0.0628. The lowest BCUT2D eigenvalue weighted by Gasteiger charge is -2.35. The fraction of sp³-hybridized carbons (Fsp3) is 0.800. The van der Waals surface area contributed by atoms with E-state index in [-0.39, 0.29) is 18.4 Å². The summed E-state index contributed by atoms with van der Waals surface area (Å²) in [5.74, 6) is -0.843. The maximum atomic E-state index is 10.7. The lowest BCUT2D eigenvalue weighted by molar-refractivity contribution is -0.140. The third kappa shape index (κ3) is 3.77. The van der Waals surface area contributed by atoms with E-state index in [0.717, 1.165) is 32.1 Å². The summed E-state index contributed by atoms with van der Waals surface area (Å²) in [7, 11) is 0. The van der Waals surface area contributed by atoms with Gasteiger partial charge in [0.1, 0.15) is 0 Å². The summed E-state index contributed by atoms with van der Waals surface area (Å²) in [5, 5.41) is 19.7. The number of aliphatic carboxylic acids is 1. The Balaban J connectivity index is 2.57. The second kappa shape index (κ2) is 5.00. The van der Waals surface area contributed by atoms with E-state index in [0.29, 0.717) is 0 Å². The molecule has 0 aromatic rings. The lowest BCUT2D eigenvalue weighted by Crippen LogP contribution is -2.39. The second-order valence-electron chi connectivity index (χ2n) is 4.29. The number of amides is 1. The van der Waals surface area contributed by atoms with Crippen molar-refractivity contribution in [3.63, 3.8) is 0 Å². The summed E-state index contributed by atoms with van der Waals surface area (Å²) in [5.41, 5.74) is -0.359. The van der Waals surface area contributed by atoms with Crippen LogP contribution in [0.2, 0.25) is 0 Å². The van der Waals surface area contributed by atoms with Crippen LogP contribution < -0.4 is 5.32 Å². The van der Waals surface area contributed by atoms with Crippen LogP contribution in [0.25, 0.3) is 0 Å². The minimum atomic E-state index is -1.08. The molecule has 1 saturated carbocycles. The van der Waals surface area contributed by atoms with E-state index < -0.39 is 12.1 Å². The van der Waals surface area contributed by atoms with Crippen LogP contribution in [-0.2, 0) is 4.79 Å². The van der Waals surface area contributed by atoms with Gasteiger partial charge in [0, 0.05) is 6.54 Å². The van der Waals surface area contributed by atoms with Crippen molar-refractivity contribution in [2.45, 2.75) is 38.5 Å². The molecule has 1 fully saturated rings. The molecular formula is C10H17NO4. The van der Waals surface area contributed by atoms with Gasteiger partial charge in [-0.25, -0.2) is 4.79 Å². The van der Waals surface area contributed by atoms with Gasteiger partial charge in [-0.1, -0.05) is 19.3 Å². The Hall–Kier alpha value is -1.26. The van der Waals surface area contributed by atoms with Crippen molar-refractivity contribution < 1.29 is 19.8 Å². The van der Waals surface area contributed by atoms with E-state index in [9.17, 15) is 9.59 Å². The standard InChI is InChI=1S/C10H17NO4/c12-8(13)6-10(7-11-9(14)15)4-2-1-3-5-10/h11H,1-7H2,(H,12,13)(H,14,15). The Labute approximate surface area is 88.5 Å². The molecule has 1 rings (SSSR count). The summed E-state index contributed by atoms with van der Waals surface area (Å²) >= 11 is 0. The Morgan fingerprint density at radius 2 is 1.73 bits per heavy atom. The summed E-state index contributed by atoms with van der Waals surface area (Å²) in [6.07, 6.45) is 3.70. The van der Waals surface area contributed by atoms with Crippen molar-refractivity contribution in [1.29, 1.82) is 0 Å². The van der Waals surface area contributed by atoms with Crippen molar-refractivity contribution in [3.8, 4) is 0 Å². The molecular weight excluding hydrogens is 198 g/mol. The first kappa shape index (κ1) is 11.8. The van der Waals surface area contributed by atoms with Gasteiger partial charge in [-0.05, 0) is 18.3 Å². The molecule has 0 unspecified atom stereocenters. The first-order valence-electron chi connectivity index (χ1n) is 5.23. The van der Waals surface area contributed by atoms with Gasteiger partial charge in [-0.3, -0.25) is 4.79 Å². The van der Waals surface area contributed by atoms with Crippen LogP contribution in [0.1, 0.15) is 38.5 Å². The molecule has 1 aliphatic carbocycles. The summed E-state index contributed by atoms with van der Waals surface area (Å²) in [6, 6.07) is 0. The van der Waals surface area contributed by atoms with Crippen LogP contribution in [0.3, 0.4) is 0 Å². The van der Waals surface area contributed by atoms with E-state index in [1.54, 1.807) is 0 Å². The zero-order valence-electron chi connectivity index (χ0n) is 8.66. The molecule has 5 heteroatoms. The number of carboxylic acids is 1. The van der Waals surface area contributed by atoms with Gasteiger partial charge in [0.05, 0.1) is 6.42 Å². The quantitative estimate of drug-likeness (QED) is 0.665. The Morgan fingerprint density at radius 3 is 2.20 bits per heavy atom. The first-order valence-corrected chi connectivity index (χ1v) is 5.23. The fourth-order valence-corrected chi connectivity index (χ4v) is 2.30. The van der Waals surface area contributed by atoms with Crippen LogP contribution >= 0.6 is 0 Å². The van der Waals surface area contributed by atoms with Crippen molar-refractivity contribution >= 4 is 12.1 Å². The summed E-state index contributed by atoms with van der Waals surface area (Å²) < 4.78 is 0. The monoisotopic (exact) mass is 215 g/mol. The van der Waals surface area contributed by atoms with E-state index in [1.165, 1.54) is 0 Å². The summed E-state index contributed by atoms with van der Waals surface area (Å²) in [6.45, 7) is 0.259. The summed E-state index contributed by atoms with van der Waals surface area (Å²) in [4.78, 5) is 21.2. The number of nitrogens with one attached hydrogen (secondary N) is 1. The maximum Gasteiger partial charge on any atom is 0.404 e. The van der Waals surface area contributed by atoms with E-state index in [4.69, 9.17) is 10.2 Å². The van der Waals surface area contributed by atoms with Gasteiger partial charge in [-0.2, -0.15) is 0 Å². The lowest BCUT2D eigenvalue weighted by atomic mass is 9.72. The molecule has 0 aliphatic heterocycles. The molecule has 1 aliphatic rings. The van der Waals surface area contributed by atoms with Gasteiger partial charge >= 0.3 is 12.1 Å². The van der Waals surface area contributed by atoms with E-state index in [2.05, 4.69) is 5.32 Å². The molecule has 3 N–H and O–H groups in total. The van der Waals surface area contributed by atoms with Gasteiger partial charge < -0.3 is 15.5 Å². The molecule has 0 bridgehead atoms. The molecule has 0 heterocycles. The van der Waals surface area contributed by atoms with Crippen molar-refractivity contribution in [2.75, 3.05) is 6.54 Å². The topological polar surface area (TPSA) is 86.6 Å².